The fourth-order valence-electron chi connectivity index (χ4n) is 2.54. The number of esters is 1. The SMILES string of the molecule is CCOC(=O)c1ccc(NC(C)=O)c(-c2ccccc2NC(=O)C(C)(C)C)c1. The predicted octanol–water partition coefficient (Wildman–Crippen LogP) is 4.47. The number of carbonyl (C=O) groups is 3. The zero-order chi connectivity index (χ0) is 20.9. The summed E-state index contributed by atoms with van der Waals surface area (Å²) < 4.78 is 5.08. The molecular formula is C22H26N2O4. The molecule has 0 unspecified atom stereocenters. The highest BCUT2D eigenvalue weighted by Crippen LogP contribution is 2.35. The second-order valence-electron chi connectivity index (χ2n) is 7.41. The lowest BCUT2D eigenvalue weighted by Gasteiger charge is -2.20. The third-order valence-corrected chi connectivity index (χ3v) is 3.99. The summed E-state index contributed by atoms with van der Waals surface area (Å²) in [5, 5.41) is 5.71. The van der Waals surface area contributed by atoms with Gasteiger partial charge in [0.25, 0.3) is 0 Å². The molecule has 2 amide bonds. The van der Waals surface area contributed by atoms with Gasteiger partial charge in [-0.05, 0) is 31.2 Å². The quantitative estimate of drug-likeness (QED) is 0.747. The molecule has 0 saturated carbocycles. The van der Waals surface area contributed by atoms with Gasteiger partial charge in [-0.25, -0.2) is 4.79 Å². The molecule has 0 aromatic heterocycles. The molecule has 0 aliphatic carbocycles. The first-order chi connectivity index (χ1) is 13.1. The summed E-state index contributed by atoms with van der Waals surface area (Å²) >= 11 is 0. The summed E-state index contributed by atoms with van der Waals surface area (Å²) in [6.07, 6.45) is 0. The average Bonchev–Trinajstić information content (AvgIpc) is 2.61. The van der Waals surface area contributed by atoms with Gasteiger partial charge in [0, 0.05) is 34.8 Å². The lowest BCUT2D eigenvalue weighted by Crippen LogP contribution is -2.27. The van der Waals surface area contributed by atoms with Gasteiger partial charge in [-0.3, -0.25) is 9.59 Å². The van der Waals surface area contributed by atoms with E-state index in [0.717, 1.165) is 0 Å². The van der Waals surface area contributed by atoms with Crippen molar-refractivity contribution in [2.75, 3.05) is 17.2 Å². The first kappa shape index (κ1) is 21.2. The number of rotatable bonds is 5. The molecular weight excluding hydrogens is 356 g/mol. The van der Waals surface area contributed by atoms with Crippen LogP contribution in [0.4, 0.5) is 11.4 Å². The molecule has 0 spiro atoms. The van der Waals surface area contributed by atoms with Gasteiger partial charge < -0.3 is 15.4 Å². The molecule has 2 aromatic carbocycles. The molecule has 0 saturated heterocycles. The Morgan fingerprint density at radius 3 is 2.18 bits per heavy atom. The van der Waals surface area contributed by atoms with E-state index in [-0.39, 0.29) is 18.4 Å². The Bertz CT molecular complexity index is 898. The number of hydrogen-bond donors (Lipinski definition) is 2. The van der Waals surface area contributed by atoms with E-state index < -0.39 is 11.4 Å². The van der Waals surface area contributed by atoms with Crippen LogP contribution in [0.3, 0.4) is 0 Å². The molecule has 28 heavy (non-hydrogen) atoms. The smallest absolute Gasteiger partial charge is 0.338 e. The van der Waals surface area contributed by atoms with Crippen molar-refractivity contribution >= 4 is 29.2 Å². The Balaban J connectivity index is 2.58. The number of carbonyl (C=O) groups excluding carboxylic acids is 3. The molecule has 0 atom stereocenters. The lowest BCUT2D eigenvalue weighted by atomic mass is 9.94. The number of para-hydroxylation sites is 1. The second-order valence-corrected chi connectivity index (χ2v) is 7.41. The highest BCUT2D eigenvalue weighted by molar-refractivity contribution is 6.03. The summed E-state index contributed by atoms with van der Waals surface area (Å²) in [4.78, 5) is 36.3. The van der Waals surface area contributed by atoms with Gasteiger partial charge in [0.05, 0.1) is 12.2 Å². The Kier molecular flexibility index (Phi) is 6.57. The molecule has 0 aliphatic rings. The minimum atomic E-state index is -0.569. The van der Waals surface area contributed by atoms with Crippen molar-refractivity contribution in [2.24, 2.45) is 5.41 Å². The highest BCUT2D eigenvalue weighted by Gasteiger charge is 2.23. The van der Waals surface area contributed by atoms with Crippen LogP contribution in [0.25, 0.3) is 11.1 Å². The molecule has 148 valence electrons. The van der Waals surface area contributed by atoms with Gasteiger partial charge in [0.15, 0.2) is 0 Å². The largest absolute Gasteiger partial charge is 0.462 e. The Labute approximate surface area is 165 Å². The van der Waals surface area contributed by atoms with Crippen molar-refractivity contribution in [3.05, 3.63) is 48.0 Å². The fourth-order valence-corrected chi connectivity index (χ4v) is 2.54. The predicted molar refractivity (Wildman–Crippen MR) is 110 cm³/mol. The minimum Gasteiger partial charge on any atom is -0.462 e. The molecule has 0 aliphatic heterocycles. The van der Waals surface area contributed by atoms with Gasteiger partial charge in [0.2, 0.25) is 11.8 Å². The number of hydrogen-bond acceptors (Lipinski definition) is 4. The van der Waals surface area contributed by atoms with E-state index in [4.69, 9.17) is 4.74 Å². The van der Waals surface area contributed by atoms with Crippen molar-refractivity contribution in [1.82, 2.24) is 0 Å². The van der Waals surface area contributed by atoms with Crippen molar-refractivity contribution in [3.63, 3.8) is 0 Å². The van der Waals surface area contributed by atoms with E-state index in [2.05, 4.69) is 10.6 Å². The third-order valence-electron chi connectivity index (χ3n) is 3.99. The van der Waals surface area contributed by atoms with Gasteiger partial charge in [-0.1, -0.05) is 39.0 Å². The number of nitrogens with one attached hydrogen (secondary N) is 2. The monoisotopic (exact) mass is 382 g/mol. The normalized spacial score (nSPS) is 10.9. The van der Waals surface area contributed by atoms with E-state index in [1.54, 1.807) is 31.2 Å². The maximum absolute atomic E-state index is 12.5. The molecule has 0 radical (unpaired) electrons. The van der Waals surface area contributed by atoms with E-state index in [1.165, 1.54) is 6.92 Å². The van der Waals surface area contributed by atoms with Gasteiger partial charge >= 0.3 is 5.97 Å². The van der Waals surface area contributed by atoms with Gasteiger partial charge in [-0.15, -0.1) is 0 Å². The zero-order valence-electron chi connectivity index (χ0n) is 16.9. The Hall–Kier alpha value is -3.15. The highest BCUT2D eigenvalue weighted by atomic mass is 16.5. The second kappa shape index (κ2) is 8.69. The molecule has 6 heteroatoms. The van der Waals surface area contributed by atoms with Crippen LogP contribution in [-0.2, 0) is 14.3 Å². The number of amides is 2. The third kappa shape index (κ3) is 5.19. The summed E-state index contributed by atoms with van der Waals surface area (Å²) in [5.74, 6) is -0.821. The summed E-state index contributed by atoms with van der Waals surface area (Å²) in [5.41, 5.74) is 2.23. The molecule has 0 fully saturated rings. The van der Waals surface area contributed by atoms with Crippen molar-refractivity contribution in [3.8, 4) is 11.1 Å². The first-order valence-corrected chi connectivity index (χ1v) is 9.13. The maximum atomic E-state index is 12.5. The minimum absolute atomic E-state index is 0.137. The molecule has 2 N–H and O–H groups in total. The number of ether oxygens (including phenoxy) is 1. The van der Waals surface area contributed by atoms with Crippen molar-refractivity contribution in [2.45, 2.75) is 34.6 Å². The molecule has 0 bridgehead atoms. The van der Waals surface area contributed by atoms with Crippen LogP contribution < -0.4 is 10.6 Å². The number of anilines is 2. The van der Waals surface area contributed by atoms with E-state index in [0.29, 0.717) is 28.1 Å². The lowest BCUT2D eigenvalue weighted by molar-refractivity contribution is -0.123. The van der Waals surface area contributed by atoms with Gasteiger partial charge in [-0.2, -0.15) is 0 Å². The maximum Gasteiger partial charge on any atom is 0.338 e. The Morgan fingerprint density at radius 2 is 1.57 bits per heavy atom. The zero-order valence-corrected chi connectivity index (χ0v) is 16.9. The average molecular weight is 382 g/mol. The van der Waals surface area contributed by atoms with Crippen LogP contribution in [0, 0.1) is 5.41 Å². The van der Waals surface area contributed by atoms with E-state index in [1.807, 2.05) is 39.0 Å². The van der Waals surface area contributed by atoms with Gasteiger partial charge in [0.1, 0.15) is 0 Å². The van der Waals surface area contributed by atoms with Crippen LogP contribution in [0.2, 0.25) is 0 Å². The van der Waals surface area contributed by atoms with E-state index in [9.17, 15) is 14.4 Å². The number of benzene rings is 2. The molecule has 2 aromatic rings. The van der Waals surface area contributed by atoms with Crippen LogP contribution >= 0.6 is 0 Å². The first-order valence-electron chi connectivity index (χ1n) is 9.13. The van der Waals surface area contributed by atoms with Crippen molar-refractivity contribution in [1.29, 1.82) is 0 Å². The molecule has 0 heterocycles. The van der Waals surface area contributed by atoms with Crippen LogP contribution in [0.1, 0.15) is 45.0 Å². The van der Waals surface area contributed by atoms with Crippen LogP contribution in [0.15, 0.2) is 42.5 Å². The summed E-state index contributed by atoms with van der Waals surface area (Å²) in [6.45, 7) is 8.90. The van der Waals surface area contributed by atoms with Crippen LogP contribution in [-0.4, -0.2) is 24.4 Å². The molecule has 2 rings (SSSR count). The fraction of sp³-hybridized carbons (Fsp3) is 0.318. The Morgan fingerprint density at radius 1 is 0.929 bits per heavy atom. The topological polar surface area (TPSA) is 84.5 Å². The standard InChI is InChI=1S/C22H26N2O4/c1-6-28-20(26)15-11-12-19(23-14(2)25)17(13-15)16-9-7-8-10-18(16)24-21(27)22(3,4)5/h7-13H,6H2,1-5H3,(H,23,25)(H,24,27). The summed E-state index contributed by atoms with van der Waals surface area (Å²) in [7, 11) is 0. The molecule has 6 nitrogen and oxygen atoms in total. The van der Waals surface area contributed by atoms with E-state index >= 15 is 0 Å². The van der Waals surface area contributed by atoms with Crippen LogP contribution in [0.5, 0.6) is 0 Å². The summed E-state index contributed by atoms with van der Waals surface area (Å²) in [6, 6.07) is 12.2. The van der Waals surface area contributed by atoms with Crippen molar-refractivity contribution < 1.29 is 19.1 Å².